The summed E-state index contributed by atoms with van der Waals surface area (Å²) in [5.41, 5.74) is 3.69. The fraction of sp³-hybridized carbons (Fsp3) is 0.286. The van der Waals surface area contributed by atoms with Crippen molar-refractivity contribution in [2.24, 2.45) is 11.0 Å². The van der Waals surface area contributed by atoms with Crippen LogP contribution in [-0.2, 0) is 16.2 Å². The zero-order chi connectivity index (χ0) is 22.1. The molecule has 0 spiro atoms. The van der Waals surface area contributed by atoms with Gasteiger partial charge >= 0.3 is 11.8 Å². The van der Waals surface area contributed by atoms with Gasteiger partial charge in [-0.15, -0.1) is 0 Å². The normalized spacial score (nSPS) is 10.9. The third-order valence-corrected chi connectivity index (χ3v) is 4.56. The van der Waals surface area contributed by atoms with Gasteiger partial charge in [-0.1, -0.05) is 43.1 Å². The summed E-state index contributed by atoms with van der Waals surface area (Å²) >= 11 is 11.9. The molecule has 0 aliphatic carbocycles. The molecule has 2 rings (SSSR count). The summed E-state index contributed by atoms with van der Waals surface area (Å²) < 4.78 is 11.1. The largest absolute Gasteiger partial charge is 0.493 e. The number of rotatable bonds is 8. The monoisotopic (exact) mass is 451 g/mol. The van der Waals surface area contributed by atoms with E-state index in [0.29, 0.717) is 33.7 Å². The molecule has 0 saturated carbocycles. The molecule has 0 heterocycles. The third-order valence-electron chi connectivity index (χ3n) is 3.82. The standard InChI is InChI=1S/C21H23Cl2N3O4/c1-13(2)10-24-20(27)21(28)26-25-11-14-5-7-18(19(9-14)29-3)30-12-15-4-6-16(22)17(23)8-15/h4-9,11,13H,10,12H2,1-3H3,(H,24,27)(H,26,28)/b25-11-. The molecule has 0 bridgehead atoms. The number of hydrazone groups is 1. The Labute approximate surface area is 185 Å². The molecule has 0 atom stereocenters. The van der Waals surface area contributed by atoms with Gasteiger partial charge in [-0.25, -0.2) is 5.43 Å². The van der Waals surface area contributed by atoms with Crippen LogP contribution in [0, 0.1) is 5.92 Å². The Morgan fingerprint density at radius 3 is 2.50 bits per heavy atom. The summed E-state index contributed by atoms with van der Waals surface area (Å²) in [5, 5.41) is 7.24. The maximum absolute atomic E-state index is 11.7. The first-order valence-electron chi connectivity index (χ1n) is 9.16. The second kappa shape index (κ2) is 11.4. The van der Waals surface area contributed by atoms with E-state index in [1.807, 2.05) is 19.9 Å². The van der Waals surface area contributed by atoms with E-state index in [1.54, 1.807) is 30.3 Å². The summed E-state index contributed by atoms with van der Waals surface area (Å²) in [5.74, 6) is -0.308. The van der Waals surface area contributed by atoms with Crippen LogP contribution in [0.15, 0.2) is 41.5 Å². The molecule has 0 unspecified atom stereocenters. The Balaban J connectivity index is 1.95. The Kier molecular flexibility index (Phi) is 8.95. The highest BCUT2D eigenvalue weighted by molar-refractivity contribution is 6.42. The van der Waals surface area contributed by atoms with Gasteiger partial charge < -0.3 is 14.8 Å². The summed E-state index contributed by atoms with van der Waals surface area (Å²) in [6.07, 6.45) is 1.40. The number of nitrogens with zero attached hydrogens (tertiary/aromatic N) is 1. The van der Waals surface area contributed by atoms with E-state index in [4.69, 9.17) is 32.7 Å². The molecule has 0 fully saturated rings. The molecular weight excluding hydrogens is 429 g/mol. The second-order valence-corrected chi connectivity index (χ2v) is 7.56. The lowest BCUT2D eigenvalue weighted by atomic mass is 10.2. The molecule has 0 aromatic heterocycles. The third kappa shape index (κ3) is 7.24. The van der Waals surface area contributed by atoms with Gasteiger partial charge in [0.05, 0.1) is 23.4 Å². The molecule has 0 saturated heterocycles. The topological polar surface area (TPSA) is 89.0 Å². The lowest BCUT2D eigenvalue weighted by Gasteiger charge is -2.11. The highest BCUT2D eigenvalue weighted by atomic mass is 35.5. The minimum Gasteiger partial charge on any atom is -0.493 e. The molecular formula is C21H23Cl2N3O4. The highest BCUT2D eigenvalue weighted by Crippen LogP contribution is 2.29. The molecule has 160 valence electrons. The maximum Gasteiger partial charge on any atom is 0.329 e. The molecule has 0 radical (unpaired) electrons. The number of methoxy groups -OCH3 is 1. The molecule has 7 nitrogen and oxygen atoms in total. The van der Waals surface area contributed by atoms with Gasteiger partial charge in [0.25, 0.3) is 0 Å². The predicted molar refractivity (Wildman–Crippen MR) is 117 cm³/mol. The van der Waals surface area contributed by atoms with Crippen molar-refractivity contribution in [2.45, 2.75) is 20.5 Å². The molecule has 2 aromatic carbocycles. The van der Waals surface area contributed by atoms with Crippen molar-refractivity contribution in [1.29, 1.82) is 0 Å². The lowest BCUT2D eigenvalue weighted by Crippen LogP contribution is -2.39. The SMILES string of the molecule is COc1cc(/C=N\NC(=O)C(=O)NCC(C)C)ccc1OCc1ccc(Cl)c(Cl)c1. The fourth-order valence-electron chi connectivity index (χ4n) is 2.27. The van der Waals surface area contributed by atoms with Crippen molar-refractivity contribution in [3.05, 3.63) is 57.6 Å². The van der Waals surface area contributed by atoms with Gasteiger partial charge in [-0.3, -0.25) is 9.59 Å². The number of benzene rings is 2. The van der Waals surface area contributed by atoms with Gasteiger partial charge in [0.1, 0.15) is 6.61 Å². The number of hydrogen-bond acceptors (Lipinski definition) is 5. The van der Waals surface area contributed by atoms with E-state index in [0.717, 1.165) is 5.56 Å². The van der Waals surface area contributed by atoms with Crippen LogP contribution in [0.5, 0.6) is 11.5 Å². The van der Waals surface area contributed by atoms with Crippen LogP contribution in [0.1, 0.15) is 25.0 Å². The molecule has 2 N–H and O–H groups in total. The number of amides is 2. The maximum atomic E-state index is 11.7. The zero-order valence-electron chi connectivity index (χ0n) is 16.9. The first-order chi connectivity index (χ1) is 14.3. The molecule has 9 heteroatoms. The molecule has 30 heavy (non-hydrogen) atoms. The Bertz CT molecular complexity index is 932. The summed E-state index contributed by atoms with van der Waals surface area (Å²) in [4.78, 5) is 23.3. The quantitative estimate of drug-likeness (QED) is 0.362. The average molecular weight is 452 g/mol. The van der Waals surface area contributed by atoms with E-state index < -0.39 is 11.8 Å². The van der Waals surface area contributed by atoms with E-state index in [2.05, 4.69) is 15.8 Å². The second-order valence-electron chi connectivity index (χ2n) is 6.75. The number of nitrogens with one attached hydrogen (secondary N) is 2. The zero-order valence-corrected chi connectivity index (χ0v) is 18.4. The first-order valence-corrected chi connectivity index (χ1v) is 9.91. The highest BCUT2D eigenvalue weighted by Gasteiger charge is 2.12. The van der Waals surface area contributed by atoms with Crippen LogP contribution < -0.4 is 20.2 Å². The molecule has 0 aliphatic heterocycles. The van der Waals surface area contributed by atoms with Crippen LogP contribution in [0.2, 0.25) is 10.0 Å². The van der Waals surface area contributed by atoms with Crippen molar-refractivity contribution in [2.75, 3.05) is 13.7 Å². The van der Waals surface area contributed by atoms with E-state index >= 15 is 0 Å². The van der Waals surface area contributed by atoms with E-state index in [-0.39, 0.29) is 12.5 Å². The predicted octanol–water partition coefficient (Wildman–Crippen LogP) is 3.80. The Morgan fingerprint density at radius 1 is 1.07 bits per heavy atom. The average Bonchev–Trinajstić information content (AvgIpc) is 2.73. The Hall–Kier alpha value is -2.77. The molecule has 0 aliphatic rings. The van der Waals surface area contributed by atoms with Crippen molar-refractivity contribution in [3.8, 4) is 11.5 Å². The van der Waals surface area contributed by atoms with Crippen LogP contribution in [0.4, 0.5) is 0 Å². The summed E-state index contributed by atoms with van der Waals surface area (Å²) in [7, 11) is 1.52. The smallest absolute Gasteiger partial charge is 0.329 e. The minimum atomic E-state index is -0.833. The van der Waals surface area contributed by atoms with Crippen LogP contribution in [0.3, 0.4) is 0 Å². The summed E-state index contributed by atoms with van der Waals surface area (Å²) in [6, 6.07) is 10.4. The fourth-order valence-corrected chi connectivity index (χ4v) is 2.59. The van der Waals surface area contributed by atoms with Gasteiger partial charge in [0, 0.05) is 6.54 Å². The number of halogens is 2. The van der Waals surface area contributed by atoms with Gasteiger partial charge in [0.2, 0.25) is 0 Å². The first kappa shape index (κ1) is 23.5. The van der Waals surface area contributed by atoms with Gasteiger partial charge in [-0.05, 0) is 47.4 Å². The van der Waals surface area contributed by atoms with Crippen molar-refractivity contribution in [3.63, 3.8) is 0 Å². The summed E-state index contributed by atoms with van der Waals surface area (Å²) in [6.45, 7) is 4.56. The van der Waals surface area contributed by atoms with Crippen LogP contribution >= 0.6 is 23.2 Å². The van der Waals surface area contributed by atoms with E-state index in [9.17, 15) is 9.59 Å². The van der Waals surface area contributed by atoms with Crippen molar-refractivity contribution in [1.82, 2.24) is 10.7 Å². The number of ether oxygens (including phenoxy) is 2. The number of carbonyl (C=O) groups excluding carboxylic acids is 2. The number of carbonyl (C=O) groups is 2. The minimum absolute atomic E-state index is 0.245. The number of hydrogen-bond donors (Lipinski definition) is 2. The Morgan fingerprint density at radius 2 is 1.83 bits per heavy atom. The van der Waals surface area contributed by atoms with Gasteiger partial charge in [-0.2, -0.15) is 5.10 Å². The van der Waals surface area contributed by atoms with Crippen molar-refractivity contribution >= 4 is 41.2 Å². The van der Waals surface area contributed by atoms with Gasteiger partial charge in [0.15, 0.2) is 11.5 Å². The van der Waals surface area contributed by atoms with E-state index in [1.165, 1.54) is 13.3 Å². The van der Waals surface area contributed by atoms with Crippen LogP contribution in [-0.4, -0.2) is 31.7 Å². The molecule has 2 aromatic rings. The van der Waals surface area contributed by atoms with Crippen LogP contribution in [0.25, 0.3) is 0 Å². The lowest BCUT2D eigenvalue weighted by molar-refractivity contribution is -0.139. The molecule has 2 amide bonds. The van der Waals surface area contributed by atoms with Crippen molar-refractivity contribution < 1.29 is 19.1 Å².